The van der Waals surface area contributed by atoms with E-state index >= 15 is 0 Å². The number of benzene rings is 3. The van der Waals surface area contributed by atoms with Gasteiger partial charge in [-0.3, -0.25) is 9.10 Å². The van der Waals surface area contributed by atoms with Crippen LogP contribution in [-0.4, -0.2) is 27.9 Å². The van der Waals surface area contributed by atoms with E-state index in [0.29, 0.717) is 18.0 Å². The Labute approximate surface area is 252 Å². The Morgan fingerprint density at radius 2 is 1.73 bits per heavy atom. The number of hydrogen-bond donors (Lipinski definition) is 2. The summed E-state index contributed by atoms with van der Waals surface area (Å²) in [5.41, 5.74) is 8.14. The zero-order valence-corrected chi connectivity index (χ0v) is 25.8. The van der Waals surface area contributed by atoms with Crippen LogP contribution in [0.25, 0.3) is 0 Å². The third-order valence-electron chi connectivity index (χ3n) is 8.42. The van der Waals surface area contributed by atoms with Gasteiger partial charge in [-0.2, -0.15) is 0 Å². The minimum atomic E-state index is -3.99. The lowest BCUT2D eigenvalue weighted by atomic mass is 9.69. The first kappa shape index (κ1) is 31.3. The van der Waals surface area contributed by atoms with E-state index in [0.717, 1.165) is 42.0 Å². The van der Waals surface area contributed by atoms with Crippen molar-refractivity contribution in [1.29, 1.82) is 0 Å². The van der Waals surface area contributed by atoms with Crippen LogP contribution in [0.4, 0.5) is 10.1 Å². The van der Waals surface area contributed by atoms with Crippen LogP contribution in [0.15, 0.2) is 65.6 Å². The van der Waals surface area contributed by atoms with Crippen LogP contribution in [0.3, 0.4) is 0 Å². The number of anilines is 1. The van der Waals surface area contributed by atoms with Crippen LogP contribution in [0.2, 0.25) is 10.0 Å². The summed E-state index contributed by atoms with van der Waals surface area (Å²) in [5, 5.41) is 3.34. The van der Waals surface area contributed by atoms with Gasteiger partial charge in [0.05, 0.1) is 26.2 Å². The molecule has 220 valence electrons. The maximum Gasteiger partial charge on any atom is 0.264 e. The average molecular weight is 621 g/mol. The van der Waals surface area contributed by atoms with Gasteiger partial charge in [0.1, 0.15) is 5.82 Å². The van der Waals surface area contributed by atoms with E-state index in [4.69, 9.17) is 28.9 Å². The van der Waals surface area contributed by atoms with E-state index < -0.39 is 15.6 Å². The van der Waals surface area contributed by atoms with Crippen LogP contribution in [0.5, 0.6) is 0 Å². The molecular formula is C31H36Cl2FN3O3S. The summed E-state index contributed by atoms with van der Waals surface area (Å²) >= 11 is 12.0. The molecule has 0 saturated heterocycles. The van der Waals surface area contributed by atoms with E-state index in [-0.39, 0.29) is 43.8 Å². The van der Waals surface area contributed by atoms with Crippen LogP contribution in [0.1, 0.15) is 60.5 Å². The molecule has 0 aliphatic heterocycles. The van der Waals surface area contributed by atoms with Crippen molar-refractivity contribution in [2.24, 2.45) is 17.6 Å². The van der Waals surface area contributed by atoms with Crippen molar-refractivity contribution in [3.8, 4) is 0 Å². The molecule has 1 unspecified atom stereocenters. The Bertz CT molecular complexity index is 1520. The lowest BCUT2D eigenvalue weighted by Crippen LogP contribution is -2.43. The molecule has 3 N–H and O–H groups in total. The van der Waals surface area contributed by atoms with Crippen molar-refractivity contribution < 1.29 is 17.6 Å². The monoisotopic (exact) mass is 619 g/mol. The second-order valence-corrected chi connectivity index (χ2v) is 13.8. The zero-order chi connectivity index (χ0) is 29.9. The number of carbonyl (C=O) groups excluding carboxylic acids is 1. The SMILES string of the molecule is Cc1c(F)cccc1C(C)(N)C1CCC(CCNC(=O)c2ccccc2N(C)S(=O)(=O)c2ccc(Cl)c(Cl)c2)CC1. The van der Waals surface area contributed by atoms with Gasteiger partial charge in [-0.25, -0.2) is 12.8 Å². The van der Waals surface area contributed by atoms with Gasteiger partial charge in [0.15, 0.2) is 0 Å². The van der Waals surface area contributed by atoms with E-state index in [1.807, 2.05) is 13.0 Å². The Kier molecular flexibility index (Phi) is 9.69. The number of para-hydroxylation sites is 1. The fourth-order valence-electron chi connectivity index (χ4n) is 5.81. The van der Waals surface area contributed by atoms with Crippen molar-refractivity contribution >= 4 is 44.8 Å². The van der Waals surface area contributed by atoms with Crippen LogP contribution in [-0.2, 0) is 15.6 Å². The second-order valence-electron chi connectivity index (χ2n) is 11.0. The third-order valence-corrected chi connectivity index (χ3v) is 10.9. The maximum absolute atomic E-state index is 14.2. The predicted molar refractivity (Wildman–Crippen MR) is 164 cm³/mol. The highest BCUT2D eigenvalue weighted by molar-refractivity contribution is 7.92. The van der Waals surface area contributed by atoms with Gasteiger partial charge >= 0.3 is 0 Å². The highest BCUT2D eigenvalue weighted by atomic mass is 35.5. The lowest BCUT2D eigenvalue weighted by Gasteiger charge is -2.40. The van der Waals surface area contributed by atoms with Crippen molar-refractivity contribution in [1.82, 2.24) is 5.32 Å². The summed E-state index contributed by atoms with van der Waals surface area (Å²) in [6, 6.07) is 15.8. The number of nitrogens with zero attached hydrogens (tertiary/aromatic N) is 1. The molecule has 4 rings (SSSR count). The molecule has 1 atom stereocenters. The first-order valence-electron chi connectivity index (χ1n) is 13.7. The van der Waals surface area contributed by atoms with Gasteiger partial charge in [0.2, 0.25) is 0 Å². The molecule has 0 heterocycles. The first-order valence-corrected chi connectivity index (χ1v) is 15.9. The predicted octanol–water partition coefficient (Wildman–Crippen LogP) is 7.07. The van der Waals surface area contributed by atoms with Gasteiger partial charge in [-0.05, 0) is 92.5 Å². The average Bonchev–Trinajstić information content (AvgIpc) is 2.95. The van der Waals surface area contributed by atoms with Crippen molar-refractivity contribution in [2.45, 2.75) is 56.4 Å². The first-order chi connectivity index (χ1) is 19.3. The minimum absolute atomic E-state index is 0.0265. The highest BCUT2D eigenvalue weighted by Gasteiger charge is 2.36. The maximum atomic E-state index is 14.2. The molecule has 1 saturated carbocycles. The molecule has 3 aromatic carbocycles. The summed E-state index contributed by atoms with van der Waals surface area (Å²) in [5.74, 6) is 0.0996. The zero-order valence-electron chi connectivity index (χ0n) is 23.5. The van der Waals surface area contributed by atoms with Gasteiger partial charge in [0.25, 0.3) is 15.9 Å². The standard InChI is InChI=1S/C31H36Cl2FN3O3S/c1-20-25(8-6-9-28(20)34)31(2,35)22-13-11-21(12-14-22)17-18-36-30(38)24-7-4-5-10-29(24)37(3)41(39,40)23-15-16-26(32)27(33)19-23/h4-10,15-16,19,21-22H,11-14,17-18,35H2,1-3H3,(H,36,38). The number of amides is 1. The van der Waals surface area contributed by atoms with Crippen LogP contribution >= 0.6 is 23.2 Å². The molecule has 6 nitrogen and oxygen atoms in total. The summed E-state index contributed by atoms with van der Waals surface area (Å²) in [7, 11) is -2.59. The van der Waals surface area contributed by atoms with Crippen molar-refractivity contribution in [3.05, 3.63) is 93.2 Å². The second kappa shape index (κ2) is 12.7. The summed E-state index contributed by atoms with van der Waals surface area (Å²) in [6.07, 6.45) is 4.62. The molecule has 0 bridgehead atoms. The Morgan fingerprint density at radius 3 is 2.41 bits per heavy atom. The minimum Gasteiger partial charge on any atom is -0.352 e. The van der Waals surface area contributed by atoms with E-state index in [9.17, 15) is 17.6 Å². The molecule has 41 heavy (non-hydrogen) atoms. The summed E-state index contributed by atoms with van der Waals surface area (Å²) in [4.78, 5) is 13.1. The molecule has 3 aromatic rings. The molecule has 1 aliphatic carbocycles. The lowest BCUT2D eigenvalue weighted by molar-refractivity contribution is 0.0949. The number of halogens is 3. The van der Waals surface area contributed by atoms with Crippen molar-refractivity contribution in [3.63, 3.8) is 0 Å². The van der Waals surface area contributed by atoms with Crippen LogP contribution < -0.4 is 15.4 Å². The van der Waals surface area contributed by atoms with Crippen molar-refractivity contribution in [2.75, 3.05) is 17.9 Å². The third kappa shape index (κ3) is 6.72. The molecule has 0 radical (unpaired) electrons. The molecule has 0 aromatic heterocycles. The molecule has 1 fully saturated rings. The number of nitrogens with one attached hydrogen (secondary N) is 1. The van der Waals surface area contributed by atoms with E-state index in [1.54, 1.807) is 37.3 Å². The number of rotatable bonds is 9. The fraction of sp³-hybridized carbons (Fsp3) is 0.387. The number of nitrogens with two attached hydrogens (primary N) is 1. The number of hydrogen-bond acceptors (Lipinski definition) is 4. The Morgan fingerprint density at radius 1 is 1.05 bits per heavy atom. The van der Waals surface area contributed by atoms with Crippen LogP contribution in [0, 0.1) is 24.6 Å². The van der Waals surface area contributed by atoms with Gasteiger partial charge in [-0.1, -0.05) is 60.3 Å². The normalized spacial score (nSPS) is 18.9. The quantitative estimate of drug-likeness (QED) is 0.268. The molecule has 10 heteroatoms. The van der Waals surface area contributed by atoms with Gasteiger partial charge in [-0.15, -0.1) is 0 Å². The number of carbonyl (C=O) groups is 1. The molecule has 1 amide bonds. The topological polar surface area (TPSA) is 92.5 Å². The summed E-state index contributed by atoms with van der Waals surface area (Å²) in [6.45, 7) is 4.24. The Hall–Kier alpha value is -2.65. The van der Waals surface area contributed by atoms with Gasteiger partial charge in [0, 0.05) is 19.1 Å². The smallest absolute Gasteiger partial charge is 0.264 e. The van der Waals surface area contributed by atoms with E-state index in [1.165, 1.54) is 31.3 Å². The largest absolute Gasteiger partial charge is 0.352 e. The van der Waals surface area contributed by atoms with E-state index in [2.05, 4.69) is 5.32 Å². The summed E-state index contributed by atoms with van der Waals surface area (Å²) < 4.78 is 41.8. The molecule has 1 aliphatic rings. The fourth-order valence-corrected chi connectivity index (χ4v) is 7.42. The molecule has 0 spiro atoms. The number of sulfonamides is 1. The van der Waals surface area contributed by atoms with Gasteiger partial charge < -0.3 is 11.1 Å². The Balaban J connectivity index is 1.35. The molecular weight excluding hydrogens is 584 g/mol. The highest BCUT2D eigenvalue weighted by Crippen LogP contribution is 2.41.